The van der Waals surface area contributed by atoms with Crippen LogP contribution in [0.5, 0.6) is 0 Å². The molecule has 8 heavy (non-hydrogen) atoms. The van der Waals surface area contributed by atoms with E-state index in [2.05, 4.69) is 0 Å². The smallest absolute Gasteiger partial charge is 0.108 e. The SMILES string of the molecule is C[C@H]1OCC(O)C1O. The average molecular weight is 118 g/mol. The summed E-state index contributed by atoms with van der Waals surface area (Å²) in [5.74, 6) is 0. The minimum absolute atomic E-state index is 0.204. The summed E-state index contributed by atoms with van der Waals surface area (Å²) in [5, 5.41) is 17.7. The van der Waals surface area contributed by atoms with Crippen LogP contribution in [-0.2, 0) is 4.74 Å². The fourth-order valence-electron chi connectivity index (χ4n) is 0.760. The zero-order valence-electron chi connectivity index (χ0n) is 4.74. The van der Waals surface area contributed by atoms with Crippen molar-refractivity contribution in [3.63, 3.8) is 0 Å². The monoisotopic (exact) mass is 118 g/mol. The van der Waals surface area contributed by atoms with Gasteiger partial charge in [0.25, 0.3) is 0 Å². The summed E-state index contributed by atoms with van der Waals surface area (Å²) in [7, 11) is 0. The summed E-state index contributed by atoms with van der Waals surface area (Å²) in [6.07, 6.45) is -1.56. The molecular weight excluding hydrogens is 108 g/mol. The molecule has 3 atom stereocenters. The van der Waals surface area contributed by atoms with E-state index < -0.39 is 12.2 Å². The maximum atomic E-state index is 8.89. The van der Waals surface area contributed by atoms with Gasteiger partial charge in [0.1, 0.15) is 12.2 Å². The second kappa shape index (κ2) is 2.01. The first-order valence-electron chi connectivity index (χ1n) is 2.69. The fraction of sp³-hybridized carbons (Fsp3) is 1.00. The van der Waals surface area contributed by atoms with Gasteiger partial charge in [-0.05, 0) is 6.92 Å². The van der Waals surface area contributed by atoms with E-state index in [1.807, 2.05) is 0 Å². The molecule has 0 amide bonds. The molecule has 2 unspecified atom stereocenters. The summed E-state index contributed by atoms with van der Waals surface area (Å²) in [5.41, 5.74) is 0. The first-order valence-corrected chi connectivity index (χ1v) is 2.69. The van der Waals surface area contributed by atoms with Crippen molar-refractivity contribution in [2.75, 3.05) is 6.61 Å². The lowest BCUT2D eigenvalue weighted by atomic mass is 10.2. The minimum Gasteiger partial charge on any atom is -0.388 e. The molecule has 3 heteroatoms. The van der Waals surface area contributed by atoms with Crippen LogP contribution in [-0.4, -0.2) is 35.1 Å². The maximum absolute atomic E-state index is 8.89. The Balaban J connectivity index is 2.44. The van der Waals surface area contributed by atoms with Crippen molar-refractivity contribution in [3.8, 4) is 0 Å². The third kappa shape index (κ3) is 0.844. The van der Waals surface area contributed by atoms with Gasteiger partial charge in [-0.1, -0.05) is 0 Å². The van der Waals surface area contributed by atoms with Crippen LogP contribution >= 0.6 is 0 Å². The number of aliphatic hydroxyl groups excluding tert-OH is 2. The first-order chi connectivity index (χ1) is 3.72. The van der Waals surface area contributed by atoms with Crippen LogP contribution in [0.15, 0.2) is 0 Å². The normalized spacial score (nSPS) is 47.6. The summed E-state index contributed by atoms with van der Waals surface area (Å²) in [6, 6.07) is 0. The topological polar surface area (TPSA) is 49.7 Å². The van der Waals surface area contributed by atoms with E-state index in [-0.39, 0.29) is 12.7 Å². The number of ether oxygens (including phenoxy) is 1. The molecule has 1 rings (SSSR count). The quantitative estimate of drug-likeness (QED) is 0.434. The first kappa shape index (κ1) is 6.01. The molecule has 0 aromatic rings. The molecule has 0 bridgehead atoms. The maximum Gasteiger partial charge on any atom is 0.108 e. The van der Waals surface area contributed by atoms with Crippen molar-refractivity contribution in [2.45, 2.75) is 25.2 Å². The highest BCUT2D eigenvalue weighted by Gasteiger charge is 2.30. The molecule has 0 spiro atoms. The van der Waals surface area contributed by atoms with Gasteiger partial charge in [-0.3, -0.25) is 0 Å². The van der Waals surface area contributed by atoms with Crippen molar-refractivity contribution < 1.29 is 14.9 Å². The highest BCUT2D eigenvalue weighted by Crippen LogP contribution is 2.12. The molecule has 1 heterocycles. The van der Waals surface area contributed by atoms with Crippen molar-refractivity contribution >= 4 is 0 Å². The van der Waals surface area contributed by atoms with Gasteiger partial charge in [0, 0.05) is 0 Å². The largest absolute Gasteiger partial charge is 0.388 e. The summed E-state index contributed by atoms with van der Waals surface area (Å²) < 4.78 is 4.88. The average Bonchev–Trinajstić information content (AvgIpc) is 1.98. The molecule has 0 aromatic heterocycles. The number of hydrogen-bond donors (Lipinski definition) is 2. The van der Waals surface area contributed by atoms with E-state index in [1.165, 1.54) is 0 Å². The molecule has 1 aliphatic rings. The molecule has 1 saturated heterocycles. The van der Waals surface area contributed by atoms with E-state index in [0.717, 1.165) is 0 Å². The lowest BCUT2D eigenvalue weighted by Crippen LogP contribution is -2.27. The lowest BCUT2D eigenvalue weighted by molar-refractivity contribution is 0.0318. The van der Waals surface area contributed by atoms with Gasteiger partial charge in [-0.2, -0.15) is 0 Å². The van der Waals surface area contributed by atoms with Crippen LogP contribution in [0.4, 0.5) is 0 Å². The molecule has 0 aliphatic carbocycles. The molecule has 3 nitrogen and oxygen atoms in total. The Morgan fingerprint density at radius 1 is 1.50 bits per heavy atom. The third-order valence-electron chi connectivity index (χ3n) is 1.41. The standard InChI is InChI=1S/C5H10O3/c1-3-5(7)4(6)2-8-3/h3-7H,2H2,1H3/t3-,4?,5?/m1/s1. The van der Waals surface area contributed by atoms with E-state index in [9.17, 15) is 0 Å². The van der Waals surface area contributed by atoms with Crippen LogP contribution in [0.25, 0.3) is 0 Å². The van der Waals surface area contributed by atoms with Crippen LogP contribution < -0.4 is 0 Å². The van der Waals surface area contributed by atoms with Gasteiger partial charge in [0.15, 0.2) is 0 Å². The van der Waals surface area contributed by atoms with Crippen molar-refractivity contribution in [2.24, 2.45) is 0 Å². The van der Waals surface area contributed by atoms with Gasteiger partial charge in [-0.15, -0.1) is 0 Å². The molecule has 1 aliphatic heterocycles. The Morgan fingerprint density at radius 2 is 2.12 bits per heavy atom. The van der Waals surface area contributed by atoms with E-state index in [1.54, 1.807) is 6.92 Å². The van der Waals surface area contributed by atoms with Gasteiger partial charge in [0.05, 0.1) is 12.7 Å². The highest BCUT2D eigenvalue weighted by atomic mass is 16.5. The van der Waals surface area contributed by atoms with Crippen LogP contribution in [0.1, 0.15) is 6.92 Å². The van der Waals surface area contributed by atoms with Gasteiger partial charge in [-0.25, -0.2) is 0 Å². The van der Waals surface area contributed by atoms with Crippen molar-refractivity contribution in [3.05, 3.63) is 0 Å². The predicted molar refractivity (Wildman–Crippen MR) is 27.4 cm³/mol. The summed E-state index contributed by atoms with van der Waals surface area (Å²) in [4.78, 5) is 0. The second-order valence-electron chi connectivity index (χ2n) is 2.10. The van der Waals surface area contributed by atoms with Gasteiger partial charge < -0.3 is 14.9 Å². The minimum atomic E-state index is -0.685. The number of rotatable bonds is 0. The van der Waals surface area contributed by atoms with E-state index in [0.29, 0.717) is 0 Å². The van der Waals surface area contributed by atoms with E-state index >= 15 is 0 Å². The number of hydrogen-bond acceptors (Lipinski definition) is 3. The van der Waals surface area contributed by atoms with Gasteiger partial charge in [0.2, 0.25) is 0 Å². The highest BCUT2D eigenvalue weighted by molar-refractivity contribution is 4.79. The van der Waals surface area contributed by atoms with Gasteiger partial charge >= 0.3 is 0 Å². The second-order valence-corrected chi connectivity index (χ2v) is 2.10. The zero-order chi connectivity index (χ0) is 6.15. The Kier molecular flexibility index (Phi) is 1.51. The molecule has 2 N–H and O–H groups in total. The molecule has 0 radical (unpaired) electrons. The number of aliphatic hydroxyl groups is 2. The van der Waals surface area contributed by atoms with Crippen LogP contribution in [0, 0.1) is 0 Å². The van der Waals surface area contributed by atoms with Crippen molar-refractivity contribution in [1.29, 1.82) is 0 Å². The Hall–Kier alpha value is -0.120. The predicted octanol–water partition coefficient (Wildman–Crippen LogP) is -0.873. The Bertz CT molecular complexity index is 73.7. The van der Waals surface area contributed by atoms with Crippen LogP contribution in [0.2, 0.25) is 0 Å². The Labute approximate surface area is 47.9 Å². The Morgan fingerprint density at radius 3 is 2.25 bits per heavy atom. The fourth-order valence-corrected chi connectivity index (χ4v) is 0.760. The van der Waals surface area contributed by atoms with E-state index in [4.69, 9.17) is 14.9 Å². The lowest BCUT2D eigenvalue weighted by Gasteiger charge is -2.07. The molecule has 0 saturated carbocycles. The van der Waals surface area contributed by atoms with Crippen molar-refractivity contribution in [1.82, 2.24) is 0 Å². The molecule has 48 valence electrons. The molecule has 1 fully saturated rings. The molecular formula is C5H10O3. The summed E-state index contributed by atoms with van der Waals surface area (Å²) >= 11 is 0. The zero-order valence-corrected chi connectivity index (χ0v) is 4.74. The summed E-state index contributed by atoms with van der Waals surface area (Å²) in [6.45, 7) is 2.00. The third-order valence-corrected chi connectivity index (χ3v) is 1.41. The molecule has 0 aromatic carbocycles. The van der Waals surface area contributed by atoms with Crippen LogP contribution in [0.3, 0.4) is 0 Å².